The number of rotatable bonds is 7. The van der Waals surface area contributed by atoms with Crippen molar-refractivity contribution in [1.82, 2.24) is 9.97 Å². The highest BCUT2D eigenvalue weighted by molar-refractivity contribution is 6.39. The molecule has 2 N–H and O–H groups in total. The van der Waals surface area contributed by atoms with Gasteiger partial charge in [0.05, 0.1) is 27.1 Å². The van der Waals surface area contributed by atoms with Gasteiger partial charge in [-0.15, -0.1) is 0 Å². The van der Waals surface area contributed by atoms with Crippen molar-refractivity contribution in [3.8, 4) is 39.7 Å². The summed E-state index contributed by atoms with van der Waals surface area (Å²) < 4.78 is 5.65. The Labute approximate surface area is 218 Å². The van der Waals surface area contributed by atoms with Crippen LogP contribution in [-0.4, -0.2) is 22.5 Å². The summed E-state index contributed by atoms with van der Waals surface area (Å²) in [5.41, 5.74) is 5.18. The maximum Gasteiger partial charge on any atom is 0.262 e. The Bertz CT molecular complexity index is 1410. The number of para-hydroxylation sites is 1. The number of carbonyl (C=O) groups is 1. The van der Waals surface area contributed by atoms with Crippen molar-refractivity contribution in [3.05, 3.63) is 113 Å². The van der Waals surface area contributed by atoms with Crippen LogP contribution in [0.5, 0.6) is 5.75 Å². The number of aromatic amines is 1. The van der Waals surface area contributed by atoms with Crippen molar-refractivity contribution in [1.29, 1.82) is 0 Å². The van der Waals surface area contributed by atoms with E-state index in [2.05, 4.69) is 22.4 Å². The van der Waals surface area contributed by atoms with Gasteiger partial charge in [0.2, 0.25) is 0 Å². The van der Waals surface area contributed by atoms with Crippen LogP contribution in [0.2, 0.25) is 10.0 Å². The van der Waals surface area contributed by atoms with Gasteiger partial charge in [-0.3, -0.25) is 4.79 Å². The molecule has 0 aliphatic rings. The van der Waals surface area contributed by atoms with E-state index in [-0.39, 0.29) is 12.5 Å². The summed E-state index contributed by atoms with van der Waals surface area (Å²) in [6.07, 6.45) is 0. The minimum absolute atomic E-state index is 0.183. The molecule has 5 aromatic rings. The third-order valence-electron chi connectivity index (χ3n) is 5.54. The zero-order valence-electron chi connectivity index (χ0n) is 19.0. The van der Waals surface area contributed by atoms with Crippen LogP contribution < -0.4 is 10.1 Å². The maximum absolute atomic E-state index is 12.3. The molecule has 0 bridgehead atoms. The molecule has 36 heavy (non-hydrogen) atoms. The Morgan fingerprint density at radius 2 is 1.36 bits per heavy atom. The summed E-state index contributed by atoms with van der Waals surface area (Å²) in [4.78, 5) is 20.7. The van der Waals surface area contributed by atoms with E-state index in [0.717, 1.165) is 33.9 Å². The van der Waals surface area contributed by atoms with E-state index in [0.29, 0.717) is 21.5 Å². The SMILES string of the molecule is O=C(COc1ccc(-c2nc(-c3ccccc3)c(-c3ccccc3)[nH]2)cc1)Nc1c(Cl)cccc1Cl. The molecule has 4 aromatic carbocycles. The zero-order chi connectivity index (χ0) is 24.9. The number of imidazole rings is 1. The summed E-state index contributed by atoms with van der Waals surface area (Å²) in [6, 6.07) is 32.6. The molecule has 0 fully saturated rings. The van der Waals surface area contributed by atoms with E-state index >= 15 is 0 Å². The highest BCUT2D eigenvalue weighted by Gasteiger charge is 2.15. The zero-order valence-corrected chi connectivity index (χ0v) is 20.6. The lowest BCUT2D eigenvalue weighted by Crippen LogP contribution is -2.20. The van der Waals surface area contributed by atoms with Gasteiger partial charge in [-0.1, -0.05) is 89.9 Å². The molecular weight excluding hydrogens is 493 g/mol. The van der Waals surface area contributed by atoms with Crippen molar-refractivity contribution < 1.29 is 9.53 Å². The number of nitrogens with zero attached hydrogens (tertiary/aromatic N) is 1. The monoisotopic (exact) mass is 513 g/mol. The van der Waals surface area contributed by atoms with E-state index in [9.17, 15) is 4.79 Å². The van der Waals surface area contributed by atoms with Crippen molar-refractivity contribution in [2.45, 2.75) is 0 Å². The number of ether oxygens (including phenoxy) is 1. The summed E-state index contributed by atoms with van der Waals surface area (Å²) in [6.45, 7) is -0.183. The highest BCUT2D eigenvalue weighted by Crippen LogP contribution is 2.33. The van der Waals surface area contributed by atoms with Gasteiger partial charge in [-0.25, -0.2) is 4.98 Å². The Hall–Kier alpha value is -4.06. The molecule has 0 unspecified atom stereocenters. The first-order valence-electron chi connectivity index (χ1n) is 11.3. The summed E-state index contributed by atoms with van der Waals surface area (Å²) in [7, 11) is 0. The fraction of sp³-hybridized carbons (Fsp3) is 0.0345. The Morgan fingerprint density at radius 1 is 0.750 bits per heavy atom. The number of aromatic nitrogens is 2. The molecule has 0 aliphatic carbocycles. The number of hydrogen-bond donors (Lipinski definition) is 2. The molecule has 1 aromatic heterocycles. The maximum atomic E-state index is 12.3. The lowest BCUT2D eigenvalue weighted by atomic mass is 10.1. The third-order valence-corrected chi connectivity index (χ3v) is 6.17. The summed E-state index contributed by atoms with van der Waals surface area (Å²) in [5, 5.41) is 3.41. The predicted octanol–water partition coefficient (Wildman–Crippen LogP) is 7.74. The first-order chi connectivity index (χ1) is 17.6. The number of hydrogen-bond acceptors (Lipinski definition) is 3. The van der Waals surface area contributed by atoms with Crippen molar-refractivity contribution in [2.24, 2.45) is 0 Å². The van der Waals surface area contributed by atoms with Gasteiger partial charge in [-0.2, -0.15) is 0 Å². The normalized spacial score (nSPS) is 10.7. The number of benzene rings is 4. The lowest BCUT2D eigenvalue weighted by Gasteiger charge is -2.10. The molecule has 0 saturated heterocycles. The van der Waals surface area contributed by atoms with Crippen molar-refractivity contribution >= 4 is 34.8 Å². The Balaban J connectivity index is 1.33. The van der Waals surface area contributed by atoms with Crippen LogP contribution in [0.3, 0.4) is 0 Å². The fourth-order valence-corrected chi connectivity index (χ4v) is 4.27. The number of nitrogens with one attached hydrogen (secondary N) is 2. The van der Waals surface area contributed by atoms with Crippen LogP contribution in [0.25, 0.3) is 33.9 Å². The van der Waals surface area contributed by atoms with Crippen LogP contribution in [0.4, 0.5) is 5.69 Å². The molecule has 5 rings (SSSR count). The fourth-order valence-electron chi connectivity index (χ4n) is 3.78. The molecule has 0 spiro atoms. The number of H-pyrrole nitrogens is 1. The van der Waals surface area contributed by atoms with Gasteiger partial charge in [0.15, 0.2) is 6.61 Å². The average molecular weight is 514 g/mol. The van der Waals surface area contributed by atoms with E-state index < -0.39 is 0 Å². The standard InChI is InChI=1S/C29H21Cl2N3O2/c30-23-12-7-13-24(31)28(23)32-25(35)18-36-22-16-14-21(15-17-22)29-33-26(19-8-3-1-4-9-19)27(34-29)20-10-5-2-6-11-20/h1-17H,18H2,(H,32,35)(H,33,34). The Kier molecular flexibility index (Phi) is 7.03. The van der Waals surface area contributed by atoms with Crippen LogP contribution in [-0.2, 0) is 4.79 Å². The average Bonchev–Trinajstić information content (AvgIpc) is 3.37. The molecule has 5 nitrogen and oxygen atoms in total. The molecule has 0 radical (unpaired) electrons. The molecule has 0 aliphatic heterocycles. The van der Waals surface area contributed by atoms with Gasteiger partial charge >= 0.3 is 0 Å². The predicted molar refractivity (Wildman–Crippen MR) is 145 cm³/mol. The molecule has 1 amide bonds. The second-order valence-electron chi connectivity index (χ2n) is 8.00. The molecular formula is C29H21Cl2N3O2. The first kappa shape index (κ1) is 23.7. The molecule has 178 valence electrons. The van der Waals surface area contributed by atoms with E-state index in [1.165, 1.54) is 0 Å². The molecule has 1 heterocycles. The first-order valence-corrected chi connectivity index (χ1v) is 12.0. The number of amides is 1. The number of anilines is 1. The lowest BCUT2D eigenvalue weighted by molar-refractivity contribution is -0.118. The minimum atomic E-state index is -0.361. The van der Waals surface area contributed by atoms with Crippen molar-refractivity contribution in [2.75, 3.05) is 11.9 Å². The summed E-state index contributed by atoms with van der Waals surface area (Å²) in [5.74, 6) is 0.933. The van der Waals surface area contributed by atoms with Gasteiger partial charge < -0.3 is 15.0 Å². The minimum Gasteiger partial charge on any atom is -0.484 e. The van der Waals surface area contributed by atoms with Crippen LogP contribution >= 0.6 is 23.2 Å². The van der Waals surface area contributed by atoms with Gasteiger partial charge in [0, 0.05) is 16.7 Å². The smallest absolute Gasteiger partial charge is 0.262 e. The van der Waals surface area contributed by atoms with Gasteiger partial charge in [0.1, 0.15) is 11.6 Å². The highest BCUT2D eigenvalue weighted by atomic mass is 35.5. The molecule has 7 heteroatoms. The quantitative estimate of drug-likeness (QED) is 0.234. The molecule has 0 atom stereocenters. The largest absolute Gasteiger partial charge is 0.484 e. The third kappa shape index (κ3) is 5.28. The van der Waals surface area contributed by atoms with E-state index in [4.69, 9.17) is 32.9 Å². The number of halogens is 2. The topological polar surface area (TPSA) is 67.0 Å². The van der Waals surface area contributed by atoms with Crippen molar-refractivity contribution in [3.63, 3.8) is 0 Å². The second kappa shape index (κ2) is 10.7. The second-order valence-corrected chi connectivity index (χ2v) is 8.81. The van der Waals surface area contributed by atoms with Crippen LogP contribution in [0, 0.1) is 0 Å². The number of carbonyl (C=O) groups excluding carboxylic acids is 1. The summed E-state index contributed by atoms with van der Waals surface area (Å²) >= 11 is 12.2. The van der Waals surface area contributed by atoms with Crippen LogP contribution in [0.1, 0.15) is 0 Å². The van der Waals surface area contributed by atoms with Gasteiger partial charge in [-0.05, 0) is 36.4 Å². The van der Waals surface area contributed by atoms with Gasteiger partial charge in [0.25, 0.3) is 5.91 Å². The van der Waals surface area contributed by atoms with Crippen LogP contribution in [0.15, 0.2) is 103 Å². The van der Waals surface area contributed by atoms with E-state index in [1.54, 1.807) is 30.3 Å². The Morgan fingerprint density at radius 3 is 2.00 bits per heavy atom. The molecule has 0 saturated carbocycles. The van der Waals surface area contributed by atoms with E-state index in [1.807, 2.05) is 60.7 Å².